The number of carbonyl (C=O) groups is 2. The van der Waals surface area contributed by atoms with Crippen LogP contribution in [0.2, 0.25) is 5.02 Å². The summed E-state index contributed by atoms with van der Waals surface area (Å²) in [4.78, 5) is 24.3. The highest BCUT2D eigenvalue weighted by Crippen LogP contribution is 2.23. The number of Topliss-reactive ketones (excluding diaryl/α,β-unsaturated/α-hetero) is 1. The van der Waals surface area contributed by atoms with Crippen molar-refractivity contribution in [3.8, 4) is 5.75 Å². The molecule has 0 aliphatic carbocycles. The van der Waals surface area contributed by atoms with Gasteiger partial charge in [0, 0.05) is 28.5 Å². The molecular formula is C22H21ClN2O3. The number of nitrogens with zero attached hydrogens (tertiary/aromatic N) is 1. The maximum Gasteiger partial charge on any atom is 0.252 e. The topological polar surface area (TPSA) is 74.3 Å². The maximum absolute atomic E-state index is 12.7. The van der Waals surface area contributed by atoms with Crippen molar-refractivity contribution in [2.24, 2.45) is 5.73 Å². The van der Waals surface area contributed by atoms with E-state index in [0.717, 1.165) is 17.0 Å². The van der Waals surface area contributed by atoms with E-state index < -0.39 is 5.91 Å². The summed E-state index contributed by atoms with van der Waals surface area (Å²) in [5.41, 5.74) is 9.13. The predicted molar refractivity (Wildman–Crippen MR) is 109 cm³/mol. The van der Waals surface area contributed by atoms with Crippen molar-refractivity contribution in [2.45, 2.75) is 20.4 Å². The first kappa shape index (κ1) is 19.7. The van der Waals surface area contributed by atoms with E-state index in [4.69, 9.17) is 22.1 Å². The van der Waals surface area contributed by atoms with Crippen LogP contribution in [-0.2, 0) is 6.54 Å². The molecule has 0 saturated heterocycles. The second-order valence-corrected chi connectivity index (χ2v) is 7.01. The van der Waals surface area contributed by atoms with Gasteiger partial charge in [-0.25, -0.2) is 0 Å². The molecule has 2 aromatic carbocycles. The molecule has 0 saturated carbocycles. The predicted octanol–water partition coefficient (Wildman–Crippen LogP) is 4.17. The molecule has 0 spiro atoms. The molecule has 0 radical (unpaired) electrons. The van der Waals surface area contributed by atoms with Gasteiger partial charge >= 0.3 is 0 Å². The standard InChI is InChI=1S/C22H21ClN2O3/c1-14-10-18(15(2)25(14)12-16-6-4-3-5-7-16)20(26)13-28-21-9-8-17(23)11-19(21)22(24)27/h3-11H,12-13H2,1-2H3,(H2,24,27). The summed E-state index contributed by atoms with van der Waals surface area (Å²) in [5, 5.41) is 0.372. The van der Waals surface area contributed by atoms with Gasteiger partial charge in [0.1, 0.15) is 5.75 Å². The average Bonchev–Trinajstić information content (AvgIpc) is 2.96. The van der Waals surface area contributed by atoms with E-state index in [2.05, 4.69) is 16.7 Å². The number of aryl methyl sites for hydroxylation is 1. The Morgan fingerprint density at radius 3 is 2.43 bits per heavy atom. The van der Waals surface area contributed by atoms with E-state index >= 15 is 0 Å². The second kappa shape index (κ2) is 8.31. The Kier molecular flexibility index (Phi) is 5.85. The van der Waals surface area contributed by atoms with Crippen molar-refractivity contribution in [1.29, 1.82) is 0 Å². The lowest BCUT2D eigenvalue weighted by Gasteiger charge is -2.11. The normalized spacial score (nSPS) is 10.7. The second-order valence-electron chi connectivity index (χ2n) is 6.57. The lowest BCUT2D eigenvalue weighted by Crippen LogP contribution is -2.17. The van der Waals surface area contributed by atoms with Crippen LogP contribution in [0.15, 0.2) is 54.6 Å². The van der Waals surface area contributed by atoms with Crippen LogP contribution in [-0.4, -0.2) is 22.9 Å². The van der Waals surface area contributed by atoms with Crippen molar-refractivity contribution in [3.63, 3.8) is 0 Å². The first-order valence-electron chi connectivity index (χ1n) is 8.83. The van der Waals surface area contributed by atoms with E-state index in [-0.39, 0.29) is 23.7 Å². The molecule has 2 N–H and O–H groups in total. The number of carbonyl (C=O) groups excluding carboxylic acids is 2. The minimum absolute atomic E-state index is 0.148. The van der Waals surface area contributed by atoms with E-state index in [1.165, 1.54) is 12.1 Å². The molecule has 144 valence electrons. The summed E-state index contributed by atoms with van der Waals surface area (Å²) in [6.45, 7) is 4.38. The minimum Gasteiger partial charge on any atom is -0.485 e. The van der Waals surface area contributed by atoms with Crippen molar-refractivity contribution in [3.05, 3.63) is 87.7 Å². The van der Waals surface area contributed by atoms with Crippen molar-refractivity contribution in [1.82, 2.24) is 4.57 Å². The Balaban J connectivity index is 1.77. The molecule has 3 aromatic rings. The van der Waals surface area contributed by atoms with Crippen LogP contribution in [0.25, 0.3) is 0 Å². The highest BCUT2D eigenvalue weighted by molar-refractivity contribution is 6.31. The maximum atomic E-state index is 12.7. The van der Waals surface area contributed by atoms with Crippen LogP contribution < -0.4 is 10.5 Å². The number of primary amides is 1. The third kappa shape index (κ3) is 4.26. The molecule has 28 heavy (non-hydrogen) atoms. The number of nitrogens with two attached hydrogens (primary N) is 1. The van der Waals surface area contributed by atoms with Crippen LogP contribution >= 0.6 is 11.6 Å². The van der Waals surface area contributed by atoms with Gasteiger partial charge in [-0.1, -0.05) is 41.9 Å². The molecular weight excluding hydrogens is 376 g/mol. The molecule has 0 aliphatic rings. The van der Waals surface area contributed by atoms with E-state index in [1.807, 2.05) is 38.1 Å². The Labute approximate surface area is 168 Å². The molecule has 1 heterocycles. The number of ketones is 1. The fourth-order valence-electron chi connectivity index (χ4n) is 3.13. The number of aromatic nitrogens is 1. The van der Waals surface area contributed by atoms with Gasteiger partial charge in [0.25, 0.3) is 5.91 Å². The molecule has 3 rings (SSSR count). The van der Waals surface area contributed by atoms with E-state index in [1.54, 1.807) is 6.07 Å². The molecule has 0 fully saturated rings. The molecule has 6 heteroatoms. The molecule has 0 atom stereocenters. The highest BCUT2D eigenvalue weighted by atomic mass is 35.5. The lowest BCUT2D eigenvalue weighted by molar-refractivity contribution is 0.0911. The van der Waals surface area contributed by atoms with Gasteiger partial charge in [0.2, 0.25) is 5.78 Å². The van der Waals surface area contributed by atoms with Gasteiger partial charge < -0.3 is 15.0 Å². The van der Waals surface area contributed by atoms with E-state index in [0.29, 0.717) is 17.1 Å². The molecule has 0 bridgehead atoms. The van der Waals surface area contributed by atoms with Gasteiger partial charge in [-0.15, -0.1) is 0 Å². The third-order valence-electron chi connectivity index (χ3n) is 4.62. The quantitative estimate of drug-likeness (QED) is 0.609. The summed E-state index contributed by atoms with van der Waals surface area (Å²) in [5.74, 6) is -0.591. The smallest absolute Gasteiger partial charge is 0.252 e. The zero-order chi connectivity index (χ0) is 20.3. The van der Waals surface area contributed by atoms with Gasteiger partial charge in [0.15, 0.2) is 6.61 Å². The highest BCUT2D eigenvalue weighted by Gasteiger charge is 2.18. The number of rotatable bonds is 7. The molecule has 1 aromatic heterocycles. The first-order valence-corrected chi connectivity index (χ1v) is 9.20. The molecule has 0 unspecified atom stereocenters. The summed E-state index contributed by atoms with van der Waals surface area (Å²) >= 11 is 5.89. The van der Waals surface area contributed by atoms with Gasteiger partial charge in [-0.2, -0.15) is 0 Å². The summed E-state index contributed by atoms with van der Waals surface area (Å²) in [7, 11) is 0. The Bertz CT molecular complexity index is 1030. The summed E-state index contributed by atoms with van der Waals surface area (Å²) < 4.78 is 7.67. The van der Waals surface area contributed by atoms with Crippen LogP contribution in [0.4, 0.5) is 0 Å². The fourth-order valence-corrected chi connectivity index (χ4v) is 3.31. The number of ether oxygens (including phenoxy) is 1. The fraction of sp³-hybridized carbons (Fsp3) is 0.182. The molecule has 1 amide bonds. The minimum atomic E-state index is -0.661. The van der Waals surface area contributed by atoms with Crippen molar-refractivity contribution >= 4 is 23.3 Å². The Morgan fingerprint density at radius 2 is 1.75 bits per heavy atom. The van der Waals surface area contributed by atoms with Crippen LogP contribution in [0.1, 0.15) is 37.7 Å². The summed E-state index contributed by atoms with van der Waals surface area (Å²) in [6.07, 6.45) is 0. The zero-order valence-corrected chi connectivity index (χ0v) is 16.5. The Hall–Kier alpha value is -3.05. The Morgan fingerprint density at radius 1 is 1.04 bits per heavy atom. The van der Waals surface area contributed by atoms with Crippen LogP contribution in [0.3, 0.4) is 0 Å². The average molecular weight is 397 g/mol. The van der Waals surface area contributed by atoms with Crippen LogP contribution in [0, 0.1) is 13.8 Å². The number of benzene rings is 2. The number of hydrogen-bond acceptors (Lipinski definition) is 3. The lowest BCUT2D eigenvalue weighted by atomic mass is 10.1. The molecule has 0 aliphatic heterocycles. The SMILES string of the molecule is Cc1cc(C(=O)COc2ccc(Cl)cc2C(N)=O)c(C)n1Cc1ccccc1. The van der Waals surface area contributed by atoms with Crippen molar-refractivity contribution in [2.75, 3.05) is 6.61 Å². The van der Waals surface area contributed by atoms with Gasteiger partial charge in [-0.3, -0.25) is 9.59 Å². The number of halogens is 1. The first-order chi connectivity index (χ1) is 13.4. The third-order valence-corrected chi connectivity index (χ3v) is 4.86. The monoisotopic (exact) mass is 396 g/mol. The summed E-state index contributed by atoms with van der Waals surface area (Å²) in [6, 6.07) is 16.5. The number of hydrogen-bond donors (Lipinski definition) is 1. The number of amides is 1. The largest absolute Gasteiger partial charge is 0.485 e. The van der Waals surface area contributed by atoms with Crippen LogP contribution in [0.5, 0.6) is 5.75 Å². The van der Waals surface area contributed by atoms with E-state index in [9.17, 15) is 9.59 Å². The van der Waals surface area contributed by atoms with Gasteiger partial charge in [0.05, 0.1) is 5.56 Å². The van der Waals surface area contributed by atoms with Crippen molar-refractivity contribution < 1.29 is 14.3 Å². The molecule has 5 nitrogen and oxygen atoms in total. The zero-order valence-electron chi connectivity index (χ0n) is 15.7. The van der Waals surface area contributed by atoms with Gasteiger partial charge in [-0.05, 0) is 43.7 Å².